The number of rotatable bonds is 5. The van der Waals surface area contributed by atoms with E-state index in [9.17, 15) is 14.4 Å². The van der Waals surface area contributed by atoms with Crippen LogP contribution >= 0.6 is 0 Å². The van der Waals surface area contributed by atoms with Gasteiger partial charge in [-0.15, -0.1) is 0 Å². The quantitative estimate of drug-likeness (QED) is 0.718. The van der Waals surface area contributed by atoms with Gasteiger partial charge >= 0.3 is 0 Å². The number of hydrogen-bond donors (Lipinski definition) is 2. The molecule has 7 heteroatoms. The second-order valence-corrected chi connectivity index (χ2v) is 6.00. The van der Waals surface area contributed by atoms with Crippen molar-refractivity contribution < 1.29 is 9.59 Å². The summed E-state index contributed by atoms with van der Waals surface area (Å²) in [4.78, 5) is 40.8. The Kier molecular flexibility index (Phi) is 5.30. The molecule has 0 aliphatic heterocycles. The minimum absolute atomic E-state index is 0.0818. The molecule has 0 radical (unpaired) electrons. The van der Waals surface area contributed by atoms with Crippen molar-refractivity contribution in [3.8, 4) is 5.69 Å². The number of hydrogen-bond acceptors (Lipinski definition) is 4. The highest BCUT2D eigenvalue weighted by Gasteiger charge is 2.11. The van der Waals surface area contributed by atoms with Crippen molar-refractivity contribution in [2.45, 2.75) is 13.8 Å². The van der Waals surface area contributed by atoms with Crippen molar-refractivity contribution in [3.05, 3.63) is 70.3 Å². The Morgan fingerprint density at radius 2 is 1.74 bits per heavy atom. The number of para-hydroxylation sites is 1. The number of benzene rings is 2. The highest BCUT2D eigenvalue weighted by Crippen LogP contribution is 2.13. The molecule has 0 fully saturated rings. The first kappa shape index (κ1) is 18.3. The average Bonchev–Trinajstić information content (AvgIpc) is 2.67. The van der Waals surface area contributed by atoms with E-state index in [1.165, 1.54) is 4.57 Å². The molecule has 138 valence electrons. The summed E-state index contributed by atoms with van der Waals surface area (Å²) in [5.41, 5.74) is 1.52. The molecule has 0 bridgehead atoms. The van der Waals surface area contributed by atoms with Gasteiger partial charge in [0.05, 0.1) is 23.1 Å². The van der Waals surface area contributed by atoms with Crippen LogP contribution in [0.4, 0.5) is 0 Å². The predicted octanol–water partition coefficient (Wildman–Crippen LogP) is 1.56. The van der Waals surface area contributed by atoms with E-state index in [-0.39, 0.29) is 23.9 Å². The molecule has 2 aromatic carbocycles. The van der Waals surface area contributed by atoms with Crippen LogP contribution in [0.15, 0.2) is 53.3 Å². The summed E-state index contributed by atoms with van der Waals surface area (Å²) in [6.45, 7) is 4.00. The lowest BCUT2D eigenvalue weighted by Crippen LogP contribution is -2.36. The maximum absolute atomic E-state index is 12.8. The average molecular weight is 364 g/mol. The van der Waals surface area contributed by atoms with Gasteiger partial charge in [0, 0.05) is 12.1 Å². The molecule has 3 rings (SSSR count). The van der Waals surface area contributed by atoms with E-state index in [0.29, 0.717) is 34.5 Å². The number of carbonyl (C=O) groups excluding carboxylic acids is 2. The van der Waals surface area contributed by atoms with E-state index in [1.54, 1.807) is 49.4 Å². The molecule has 0 saturated heterocycles. The Hall–Kier alpha value is -3.48. The Bertz CT molecular complexity index is 1060. The van der Waals surface area contributed by atoms with E-state index in [0.717, 1.165) is 0 Å². The summed E-state index contributed by atoms with van der Waals surface area (Å²) in [6.07, 6.45) is 0. The highest BCUT2D eigenvalue weighted by molar-refractivity contribution is 5.96. The number of nitrogens with zero attached hydrogens (tertiary/aromatic N) is 2. The monoisotopic (exact) mass is 364 g/mol. The van der Waals surface area contributed by atoms with Crippen LogP contribution in [0.2, 0.25) is 0 Å². The molecule has 0 aliphatic carbocycles. The van der Waals surface area contributed by atoms with Gasteiger partial charge in [-0.1, -0.05) is 12.1 Å². The molecule has 0 spiro atoms. The van der Waals surface area contributed by atoms with E-state index in [2.05, 4.69) is 15.6 Å². The van der Waals surface area contributed by atoms with E-state index in [4.69, 9.17) is 0 Å². The van der Waals surface area contributed by atoms with Crippen LogP contribution in [0.3, 0.4) is 0 Å². The minimum atomic E-state index is -0.353. The van der Waals surface area contributed by atoms with Gasteiger partial charge in [0.2, 0.25) is 5.91 Å². The molecule has 2 N–H and O–H groups in total. The fourth-order valence-corrected chi connectivity index (χ4v) is 2.83. The van der Waals surface area contributed by atoms with Crippen molar-refractivity contribution in [1.82, 2.24) is 20.2 Å². The zero-order valence-electron chi connectivity index (χ0n) is 15.2. The van der Waals surface area contributed by atoms with Crippen LogP contribution in [0.1, 0.15) is 23.1 Å². The number of aromatic nitrogens is 2. The second kappa shape index (κ2) is 7.82. The van der Waals surface area contributed by atoms with Crippen molar-refractivity contribution in [1.29, 1.82) is 0 Å². The first-order chi connectivity index (χ1) is 13.0. The van der Waals surface area contributed by atoms with E-state index in [1.807, 2.05) is 13.0 Å². The third kappa shape index (κ3) is 3.87. The van der Waals surface area contributed by atoms with Crippen LogP contribution in [-0.4, -0.2) is 34.5 Å². The van der Waals surface area contributed by atoms with Crippen LogP contribution in [0.25, 0.3) is 16.6 Å². The van der Waals surface area contributed by atoms with Crippen molar-refractivity contribution in [2.24, 2.45) is 0 Å². The lowest BCUT2D eigenvalue weighted by molar-refractivity contribution is -0.120. The zero-order chi connectivity index (χ0) is 19.4. The topological polar surface area (TPSA) is 93.1 Å². The fourth-order valence-electron chi connectivity index (χ4n) is 2.83. The van der Waals surface area contributed by atoms with Crippen LogP contribution in [0.5, 0.6) is 0 Å². The van der Waals surface area contributed by atoms with Crippen molar-refractivity contribution >= 4 is 22.7 Å². The van der Waals surface area contributed by atoms with Gasteiger partial charge in [-0.2, -0.15) is 0 Å². The molecule has 3 aromatic rings. The van der Waals surface area contributed by atoms with Gasteiger partial charge in [0.25, 0.3) is 11.5 Å². The van der Waals surface area contributed by atoms with E-state index < -0.39 is 0 Å². The number of likely N-dealkylation sites (N-methyl/N-ethyl adjacent to an activating group) is 1. The molecular weight excluding hydrogens is 344 g/mol. The van der Waals surface area contributed by atoms with Gasteiger partial charge in [-0.25, -0.2) is 4.98 Å². The molecule has 2 amide bonds. The lowest BCUT2D eigenvalue weighted by atomic mass is 10.2. The summed E-state index contributed by atoms with van der Waals surface area (Å²) in [7, 11) is 0. The number of nitrogens with one attached hydrogen (secondary N) is 2. The van der Waals surface area contributed by atoms with Crippen LogP contribution in [0, 0.1) is 6.92 Å². The summed E-state index contributed by atoms with van der Waals surface area (Å²) in [6, 6.07) is 13.8. The normalized spacial score (nSPS) is 10.6. The van der Waals surface area contributed by atoms with Gasteiger partial charge < -0.3 is 10.6 Å². The molecule has 0 saturated carbocycles. The highest BCUT2D eigenvalue weighted by atomic mass is 16.2. The molecule has 7 nitrogen and oxygen atoms in total. The number of amides is 2. The van der Waals surface area contributed by atoms with Crippen molar-refractivity contribution in [2.75, 3.05) is 13.1 Å². The summed E-state index contributed by atoms with van der Waals surface area (Å²) in [5, 5.41) is 5.70. The fraction of sp³-hybridized carbons (Fsp3) is 0.200. The minimum Gasteiger partial charge on any atom is -0.355 e. The third-order valence-corrected chi connectivity index (χ3v) is 4.11. The van der Waals surface area contributed by atoms with E-state index >= 15 is 0 Å². The Labute approximate surface area is 156 Å². The largest absolute Gasteiger partial charge is 0.355 e. The predicted molar refractivity (Wildman–Crippen MR) is 103 cm³/mol. The standard InChI is InChI=1S/C20H20N4O3/c1-3-21-18(25)12-22-19(26)14-8-10-15(11-9-14)24-13(2)23-17-7-5-4-6-16(17)20(24)27/h4-11H,3,12H2,1-2H3,(H,21,25)(H,22,26). The molecule has 0 unspecified atom stereocenters. The summed E-state index contributed by atoms with van der Waals surface area (Å²) in [5.74, 6) is -0.0347. The summed E-state index contributed by atoms with van der Waals surface area (Å²) >= 11 is 0. The van der Waals surface area contributed by atoms with Gasteiger partial charge in [0.15, 0.2) is 0 Å². The lowest BCUT2D eigenvalue weighted by Gasteiger charge is -2.11. The maximum atomic E-state index is 12.8. The van der Waals surface area contributed by atoms with Crippen LogP contribution < -0.4 is 16.2 Å². The van der Waals surface area contributed by atoms with Crippen LogP contribution in [-0.2, 0) is 4.79 Å². The SMILES string of the molecule is CCNC(=O)CNC(=O)c1ccc(-n2c(C)nc3ccccc3c2=O)cc1. The third-order valence-electron chi connectivity index (χ3n) is 4.11. The zero-order valence-corrected chi connectivity index (χ0v) is 15.2. The van der Waals surface area contributed by atoms with Gasteiger partial charge in [-0.3, -0.25) is 19.0 Å². The molecule has 1 aromatic heterocycles. The Balaban J connectivity index is 1.86. The summed E-state index contributed by atoms with van der Waals surface area (Å²) < 4.78 is 1.51. The number of carbonyl (C=O) groups is 2. The van der Waals surface area contributed by atoms with Gasteiger partial charge in [0.1, 0.15) is 5.82 Å². The second-order valence-electron chi connectivity index (χ2n) is 6.00. The smallest absolute Gasteiger partial charge is 0.265 e. The Morgan fingerprint density at radius 1 is 1.04 bits per heavy atom. The molecule has 0 aliphatic rings. The Morgan fingerprint density at radius 3 is 2.44 bits per heavy atom. The molecule has 0 atom stereocenters. The molecule has 27 heavy (non-hydrogen) atoms. The number of aryl methyl sites for hydroxylation is 1. The first-order valence-electron chi connectivity index (χ1n) is 8.65. The molecule has 1 heterocycles. The maximum Gasteiger partial charge on any atom is 0.265 e. The molecular formula is C20H20N4O3. The first-order valence-corrected chi connectivity index (χ1v) is 8.65. The van der Waals surface area contributed by atoms with Gasteiger partial charge in [-0.05, 0) is 50.2 Å². The number of fused-ring (bicyclic) bond motifs is 1. The van der Waals surface area contributed by atoms with Crippen molar-refractivity contribution in [3.63, 3.8) is 0 Å².